The van der Waals surface area contributed by atoms with E-state index in [0.29, 0.717) is 12.5 Å². The van der Waals surface area contributed by atoms with Gasteiger partial charge in [0.05, 0.1) is 6.33 Å². The zero-order valence-electron chi connectivity index (χ0n) is 11.9. The average Bonchev–Trinajstić information content (AvgIpc) is 2.89. The average molecular weight is 264 g/mol. The van der Waals surface area contributed by atoms with Crippen molar-refractivity contribution in [1.82, 2.24) is 19.8 Å². The van der Waals surface area contributed by atoms with Gasteiger partial charge in [-0.2, -0.15) is 0 Å². The summed E-state index contributed by atoms with van der Waals surface area (Å²) in [4.78, 5) is 18.4. The minimum Gasteiger partial charge on any atom is -0.339 e. The van der Waals surface area contributed by atoms with E-state index in [-0.39, 0.29) is 5.91 Å². The van der Waals surface area contributed by atoms with Crippen molar-refractivity contribution in [3.63, 3.8) is 0 Å². The van der Waals surface area contributed by atoms with Crippen molar-refractivity contribution < 1.29 is 4.79 Å². The highest BCUT2D eigenvalue weighted by Crippen LogP contribution is 2.22. The summed E-state index contributed by atoms with van der Waals surface area (Å²) in [5.41, 5.74) is 1.19. The molecule has 0 saturated carbocycles. The lowest BCUT2D eigenvalue weighted by Gasteiger charge is -2.28. The van der Waals surface area contributed by atoms with E-state index >= 15 is 0 Å². The Balaban J connectivity index is 2.02. The van der Waals surface area contributed by atoms with Gasteiger partial charge in [-0.15, -0.1) is 0 Å². The first-order valence-electron chi connectivity index (χ1n) is 7.24. The lowest BCUT2D eigenvalue weighted by Crippen LogP contribution is -2.47. The topological polar surface area (TPSA) is 50.2 Å². The summed E-state index contributed by atoms with van der Waals surface area (Å²) in [6, 6.07) is 0. The van der Waals surface area contributed by atoms with Gasteiger partial charge in [-0.05, 0) is 12.8 Å². The fourth-order valence-electron chi connectivity index (χ4n) is 2.67. The van der Waals surface area contributed by atoms with Crippen molar-refractivity contribution in [3.05, 3.63) is 18.2 Å². The van der Waals surface area contributed by atoms with Crippen molar-refractivity contribution in [2.24, 2.45) is 0 Å². The molecule has 1 aromatic rings. The smallest absolute Gasteiger partial charge is 0.242 e. The number of piperazine rings is 1. The Kier molecular flexibility index (Phi) is 4.96. The molecule has 0 aromatic carbocycles. The van der Waals surface area contributed by atoms with Gasteiger partial charge in [0.1, 0.15) is 6.54 Å². The second-order valence-corrected chi connectivity index (χ2v) is 5.09. The molecule has 1 fully saturated rings. The quantitative estimate of drug-likeness (QED) is 0.870. The van der Waals surface area contributed by atoms with Crippen LogP contribution < -0.4 is 5.32 Å². The predicted molar refractivity (Wildman–Crippen MR) is 75.0 cm³/mol. The third-order valence-corrected chi connectivity index (χ3v) is 3.92. The van der Waals surface area contributed by atoms with Crippen LogP contribution in [0, 0.1) is 0 Å². The third kappa shape index (κ3) is 3.35. The lowest BCUT2D eigenvalue weighted by molar-refractivity contribution is -0.132. The van der Waals surface area contributed by atoms with Gasteiger partial charge in [-0.25, -0.2) is 4.98 Å². The minimum atomic E-state index is 0.201. The van der Waals surface area contributed by atoms with Gasteiger partial charge in [-0.3, -0.25) is 4.79 Å². The minimum absolute atomic E-state index is 0.201. The molecule has 0 atom stereocenters. The van der Waals surface area contributed by atoms with Crippen LogP contribution in [0.25, 0.3) is 0 Å². The summed E-state index contributed by atoms with van der Waals surface area (Å²) < 4.78 is 2.02. The highest BCUT2D eigenvalue weighted by molar-refractivity contribution is 5.76. The summed E-state index contributed by atoms with van der Waals surface area (Å²) in [5.74, 6) is 0.699. The van der Waals surface area contributed by atoms with Crippen LogP contribution in [0.1, 0.15) is 38.3 Å². The molecular formula is C14H24N4O. The highest BCUT2D eigenvalue weighted by atomic mass is 16.2. The normalized spacial score (nSPS) is 16.1. The Hall–Kier alpha value is -1.36. The molecule has 1 aliphatic heterocycles. The van der Waals surface area contributed by atoms with E-state index < -0.39 is 0 Å². The molecule has 106 valence electrons. The van der Waals surface area contributed by atoms with Crippen molar-refractivity contribution in [2.75, 3.05) is 26.2 Å². The Morgan fingerprint density at radius 2 is 2.05 bits per heavy atom. The molecule has 0 spiro atoms. The van der Waals surface area contributed by atoms with E-state index in [2.05, 4.69) is 24.1 Å². The molecule has 1 aromatic heterocycles. The fourth-order valence-corrected chi connectivity index (χ4v) is 2.67. The maximum atomic E-state index is 12.3. The van der Waals surface area contributed by atoms with Crippen LogP contribution in [0.5, 0.6) is 0 Å². The number of hydrogen-bond acceptors (Lipinski definition) is 3. The largest absolute Gasteiger partial charge is 0.339 e. The first-order valence-corrected chi connectivity index (χ1v) is 7.24. The second kappa shape index (κ2) is 6.70. The summed E-state index contributed by atoms with van der Waals surface area (Å²) in [6.45, 7) is 8.21. The number of amides is 1. The third-order valence-electron chi connectivity index (χ3n) is 3.92. The van der Waals surface area contributed by atoms with E-state index in [1.165, 1.54) is 5.69 Å². The number of rotatable bonds is 5. The maximum Gasteiger partial charge on any atom is 0.242 e. The zero-order chi connectivity index (χ0) is 13.7. The summed E-state index contributed by atoms with van der Waals surface area (Å²) in [5, 5.41) is 3.26. The van der Waals surface area contributed by atoms with Gasteiger partial charge >= 0.3 is 0 Å². The summed E-state index contributed by atoms with van der Waals surface area (Å²) >= 11 is 0. The molecule has 2 rings (SSSR count). The molecule has 0 bridgehead atoms. The van der Waals surface area contributed by atoms with Crippen LogP contribution >= 0.6 is 0 Å². The van der Waals surface area contributed by atoms with Crippen LogP contribution in [0.4, 0.5) is 0 Å². The number of aromatic nitrogens is 2. The zero-order valence-corrected chi connectivity index (χ0v) is 11.9. The van der Waals surface area contributed by atoms with Gasteiger partial charge in [0, 0.05) is 44.0 Å². The lowest BCUT2D eigenvalue weighted by atomic mass is 10.00. The molecule has 0 radical (unpaired) electrons. The molecule has 1 amide bonds. The van der Waals surface area contributed by atoms with Gasteiger partial charge in [0.25, 0.3) is 0 Å². The standard InChI is InChI=1S/C14H24N4O/c1-3-12(4-2)13-9-16-11-18(13)10-14(19)17-7-5-15-6-8-17/h9,11-12,15H,3-8,10H2,1-2H3. The number of imidazole rings is 1. The molecule has 1 N–H and O–H groups in total. The van der Waals surface area contributed by atoms with Gasteiger partial charge in [0.15, 0.2) is 0 Å². The van der Waals surface area contributed by atoms with Crippen molar-refractivity contribution in [2.45, 2.75) is 39.2 Å². The number of nitrogens with one attached hydrogen (secondary N) is 1. The first kappa shape index (κ1) is 14.1. The number of carbonyl (C=O) groups is 1. The van der Waals surface area contributed by atoms with E-state index in [1.807, 2.05) is 15.7 Å². The van der Waals surface area contributed by atoms with Crippen LogP contribution in [-0.4, -0.2) is 46.5 Å². The van der Waals surface area contributed by atoms with Crippen molar-refractivity contribution in [3.8, 4) is 0 Å². The van der Waals surface area contributed by atoms with Gasteiger partial charge < -0.3 is 14.8 Å². The molecule has 19 heavy (non-hydrogen) atoms. The number of carbonyl (C=O) groups excluding carboxylic acids is 1. The van der Waals surface area contributed by atoms with Crippen LogP contribution in [-0.2, 0) is 11.3 Å². The SMILES string of the molecule is CCC(CC)c1cncn1CC(=O)N1CCNCC1. The molecule has 2 heterocycles. The van der Waals surface area contributed by atoms with Crippen LogP contribution in [0.3, 0.4) is 0 Å². The van der Waals surface area contributed by atoms with Crippen molar-refractivity contribution >= 4 is 5.91 Å². The molecule has 1 aliphatic rings. The number of hydrogen-bond donors (Lipinski definition) is 1. The second-order valence-electron chi connectivity index (χ2n) is 5.09. The Morgan fingerprint density at radius 1 is 1.37 bits per heavy atom. The summed E-state index contributed by atoms with van der Waals surface area (Å²) in [7, 11) is 0. The van der Waals surface area contributed by atoms with Gasteiger partial charge in [0.2, 0.25) is 5.91 Å². The molecule has 0 aliphatic carbocycles. The van der Waals surface area contributed by atoms with E-state index in [9.17, 15) is 4.79 Å². The fraction of sp³-hybridized carbons (Fsp3) is 0.714. The molecule has 0 unspecified atom stereocenters. The van der Waals surface area contributed by atoms with Crippen LogP contribution in [0.2, 0.25) is 0 Å². The first-order chi connectivity index (χ1) is 9.26. The van der Waals surface area contributed by atoms with E-state index in [0.717, 1.165) is 39.0 Å². The Labute approximate surface area is 115 Å². The van der Waals surface area contributed by atoms with E-state index in [4.69, 9.17) is 0 Å². The summed E-state index contributed by atoms with van der Waals surface area (Å²) in [6.07, 6.45) is 5.87. The van der Waals surface area contributed by atoms with Crippen molar-refractivity contribution in [1.29, 1.82) is 0 Å². The Bertz CT molecular complexity index is 405. The van der Waals surface area contributed by atoms with E-state index in [1.54, 1.807) is 6.33 Å². The number of nitrogens with zero attached hydrogens (tertiary/aromatic N) is 3. The molecule has 5 nitrogen and oxygen atoms in total. The van der Waals surface area contributed by atoms with Gasteiger partial charge in [-0.1, -0.05) is 13.8 Å². The Morgan fingerprint density at radius 3 is 2.68 bits per heavy atom. The predicted octanol–water partition coefficient (Wildman–Crippen LogP) is 1.22. The monoisotopic (exact) mass is 264 g/mol. The van der Waals surface area contributed by atoms with Crippen LogP contribution in [0.15, 0.2) is 12.5 Å². The molecular weight excluding hydrogens is 240 g/mol. The maximum absolute atomic E-state index is 12.3. The highest BCUT2D eigenvalue weighted by Gasteiger charge is 2.19. The molecule has 5 heteroatoms. The molecule has 1 saturated heterocycles.